The number of hydrogen-bond donors (Lipinski definition) is 1. The van der Waals surface area contributed by atoms with Crippen LogP contribution in [0.3, 0.4) is 0 Å². The highest BCUT2D eigenvalue weighted by atomic mass is 32.1. The second-order valence-corrected chi connectivity index (χ2v) is 7.99. The lowest BCUT2D eigenvalue weighted by molar-refractivity contribution is 0.0780. The summed E-state index contributed by atoms with van der Waals surface area (Å²) in [6.07, 6.45) is 1.43. The van der Waals surface area contributed by atoms with Crippen LogP contribution in [-0.4, -0.2) is 35.3 Å². The van der Waals surface area contributed by atoms with Crippen LogP contribution >= 0.6 is 11.3 Å². The molecular formula is C22H21N3O2S. The van der Waals surface area contributed by atoms with E-state index in [1.165, 1.54) is 22.5 Å². The van der Waals surface area contributed by atoms with Gasteiger partial charge in [-0.1, -0.05) is 35.9 Å². The van der Waals surface area contributed by atoms with Gasteiger partial charge in [0.15, 0.2) is 0 Å². The molecule has 0 spiro atoms. The van der Waals surface area contributed by atoms with Gasteiger partial charge < -0.3 is 10.2 Å². The molecule has 2 aromatic carbocycles. The fourth-order valence-electron chi connectivity index (χ4n) is 3.32. The molecule has 0 bridgehead atoms. The van der Waals surface area contributed by atoms with E-state index in [0.717, 1.165) is 17.0 Å². The molecule has 1 aliphatic rings. The molecule has 28 heavy (non-hydrogen) atoms. The molecule has 2 heterocycles. The third-order valence-corrected chi connectivity index (χ3v) is 5.81. The monoisotopic (exact) mass is 391 g/mol. The summed E-state index contributed by atoms with van der Waals surface area (Å²) in [7, 11) is 1.79. The molecule has 5 nitrogen and oxygen atoms in total. The Kier molecular flexibility index (Phi) is 4.96. The first-order chi connectivity index (χ1) is 13.5. The number of aromatic nitrogens is 1. The number of nitrogens with one attached hydrogen (secondary N) is 1. The third kappa shape index (κ3) is 3.68. The average Bonchev–Trinajstić information content (AvgIpc) is 3.16. The molecule has 6 heteroatoms. The van der Waals surface area contributed by atoms with Gasteiger partial charge in [-0.2, -0.15) is 0 Å². The number of fused-ring (bicyclic) bond motifs is 1. The normalized spacial score (nSPS) is 13.4. The van der Waals surface area contributed by atoms with E-state index in [1.54, 1.807) is 23.4 Å². The average molecular weight is 391 g/mol. The Morgan fingerprint density at radius 3 is 2.79 bits per heavy atom. The van der Waals surface area contributed by atoms with Crippen LogP contribution in [0.2, 0.25) is 0 Å². The maximum absolute atomic E-state index is 12.7. The summed E-state index contributed by atoms with van der Waals surface area (Å²) >= 11 is 1.48. The van der Waals surface area contributed by atoms with Gasteiger partial charge >= 0.3 is 0 Å². The molecule has 0 aliphatic carbocycles. The van der Waals surface area contributed by atoms with Crippen LogP contribution in [0.4, 0.5) is 5.69 Å². The van der Waals surface area contributed by atoms with E-state index in [0.29, 0.717) is 29.9 Å². The van der Waals surface area contributed by atoms with Crippen LogP contribution in [0, 0.1) is 6.92 Å². The lowest BCUT2D eigenvalue weighted by Gasteiger charge is -2.26. The van der Waals surface area contributed by atoms with Gasteiger partial charge in [-0.25, -0.2) is 4.98 Å². The minimum atomic E-state index is -0.244. The van der Waals surface area contributed by atoms with E-state index < -0.39 is 0 Å². The molecule has 142 valence electrons. The zero-order valence-electron chi connectivity index (χ0n) is 15.9. The SMILES string of the molecule is Cc1ccc(Cc2nc(C(=O)Nc3cccc4c3CCN(C)C4=O)cs2)cc1. The first-order valence-electron chi connectivity index (χ1n) is 9.20. The maximum atomic E-state index is 12.7. The van der Waals surface area contributed by atoms with E-state index in [9.17, 15) is 9.59 Å². The zero-order valence-corrected chi connectivity index (χ0v) is 16.7. The number of aryl methyl sites for hydroxylation is 1. The first-order valence-corrected chi connectivity index (χ1v) is 10.1. The summed E-state index contributed by atoms with van der Waals surface area (Å²) < 4.78 is 0. The van der Waals surface area contributed by atoms with Crippen molar-refractivity contribution in [2.24, 2.45) is 0 Å². The van der Waals surface area contributed by atoms with Gasteiger partial charge in [-0.3, -0.25) is 9.59 Å². The largest absolute Gasteiger partial charge is 0.341 e. The van der Waals surface area contributed by atoms with E-state index in [4.69, 9.17) is 0 Å². The molecule has 1 aliphatic heterocycles. The van der Waals surface area contributed by atoms with Crippen molar-refractivity contribution < 1.29 is 9.59 Å². The maximum Gasteiger partial charge on any atom is 0.275 e. The van der Waals surface area contributed by atoms with Crippen LogP contribution in [0.25, 0.3) is 0 Å². The number of hydrogen-bond acceptors (Lipinski definition) is 4. The van der Waals surface area contributed by atoms with Crippen molar-refractivity contribution in [1.82, 2.24) is 9.88 Å². The molecule has 1 aromatic heterocycles. The van der Waals surface area contributed by atoms with Crippen molar-refractivity contribution in [2.45, 2.75) is 19.8 Å². The predicted molar refractivity (Wildman–Crippen MR) is 111 cm³/mol. The second kappa shape index (κ2) is 7.56. The fourth-order valence-corrected chi connectivity index (χ4v) is 4.13. The second-order valence-electron chi connectivity index (χ2n) is 7.05. The number of benzene rings is 2. The van der Waals surface area contributed by atoms with Crippen molar-refractivity contribution in [3.63, 3.8) is 0 Å². The van der Waals surface area contributed by atoms with Crippen molar-refractivity contribution >= 4 is 28.8 Å². The van der Waals surface area contributed by atoms with Gasteiger partial charge in [-0.15, -0.1) is 11.3 Å². The standard InChI is InChI=1S/C22H21N3O2S/c1-14-6-8-15(9-7-14)12-20-23-19(13-28-20)21(26)24-18-5-3-4-17-16(18)10-11-25(2)22(17)27/h3-9,13H,10-12H2,1-2H3,(H,24,26). The van der Waals surface area contributed by atoms with Gasteiger partial charge in [0.05, 0.1) is 5.01 Å². The minimum Gasteiger partial charge on any atom is -0.341 e. The van der Waals surface area contributed by atoms with Crippen molar-refractivity contribution in [2.75, 3.05) is 18.9 Å². The summed E-state index contributed by atoms with van der Waals surface area (Å²) in [6.45, 7) is 2.71. The number of nitrogens with zero attached hydrogens (tertiary/aromatic N) is 2. The van der Waals surface area contributed by atoms with Gasteiger partial charge in [0.25, 0.3) is 11.8 Å². The number of thiazole rings is 1. The zero-order chi connectivity index (χ0) is 19.7. The summed E-state index contributed by atoms with van der Waals surface area (Å²) in [5.41, 5.74) is 5.05. The lowest BCUT2D eigenvalue weighted by Crippen LogP contribution is -2.34. The first kappa shape index (κ1) is 18.4. The summed E-state index contributed by atoms with van der Waals surface area (Å²) in [4.78, 5) is 31.2. The Morgan fingerprint density at radius 2 is 2.00 bits per heavy atom. The Balaban J connectivity index is 1.50. The van der Waals surface area contributed by atoms with Crippen molar-refractivity contribution in [1.29, 1.82) is 0 Å². The summed E-state index contributed by atoms with van der Waals surface area (Å²) in [5.74, 6) is -0.252. The van der Waals surface area contributed by atoms with Gasteiger partial charge in [0, 0.05) is 36.6 Å². The molecule has 0 unspecified atom stereocenters. The molecule has 4 rings (SSSR count). The fraction of sp³-hybridized carbons (Fsp3) is 0.227. The van der Waals surface area contributed by atoms with Crippen LogP contribution in [0.1, 0.15) is 42.5 Å². The molecule has 0 saturated heterocycles. The van der Waals surface area contributed by atoms with Crippen LogP contribution in [-0.2, 0) is 12.8 Å². The summed E-state index contributed by atoms with van der Waals surface area (Å²) in [6, 6.07) is 13.8. The number of amides is 2. The van der Waals surface area contributed by atoms with E-state index in [-0.39, 0.29) is 11.8 Å². The summed E-state index contributed by atoms with van der Waals surface area (Å²) in [5, 5.41) is 5.63. The molecule has 0 fully saturated rings. The van der Waals surface area contributed by atoms with E-state index >= 15 is 0 Å². The van der Waals surface area contributed by atoms with E-state index in [2.05, 4.69) is 41.5 Å². The molecule has 1 N–H and O–H groups in total. The predicted octanol–water partition coefficient (Wildman–Crippen LogP) is 3.92. The Labute approximate surface area is 168 Å². The number of rotatable bonds is 4. The molecule has 0 radical (unpaired) electrons. The van der Waals surface area contributed by atoms with Crippen molar-refractivity contribution in [3.8, 4) is 0 Å². The number of likely N-dealkylation sites (N-methyl/N-ethyl adjacent to an activating group) is 1. The molecular weight excluding hydrogens is 370 g/mol. The quantitative estimate of drug-likeness (QED) is 0.733. The van der Waals surface area contributed by atoms with E-state index in [1.807, 2.05) is 12.1 Å². The van der Waals surface area contributed by atoms with Crippen LogP contribution < -0.4 is 5.32 Å². The number of anilines is 1. The number of carbonyl (C=O) groups excluding carboxylic acids is 2. The molecule has 3 aromatic rings. The van der Waals surface area contributed by atoms with Crippen LogP contribution in [0.15, 0.2) is 47.8 Å². The molecule has 0 saturated carbocycles. The topological polar surface area (TPSA) is 62.3 Å². The smallest absolute Gasteiger partial charge is 0.275 e. The minimum absolute atomic E-state index is 0.00797. The number of carbonyl (C=O) groups is 2. The highest BCUT2D eigenvalue weighted by Crippen LogP contribution is 2.26. The molecule has 2 amide bonds. The Morgan fingerprint density at radius 1 is 1.21 bits per heavy atom. The van der Waals surface area contributed by atoms with Crippen LogP contribution in [0.5, 0.6) is 0 Å². The highest BCUT2D eigenvalue weighted by Gasteiger charge is 2.24. The molecule has 0 atom stereocenters. The Hall–Kier alpha value is -2.99. The van der Waals surface area contributed by atoms with Gasteiger partial charge in [0.1, 0.15) is 5.69 Å². The van der Waals surface area contributed by atoms with Gasteiger partial charge in [-0.05, 0) is 36.6 Å². The highest BCUT2D eigenvalue weighted by molar-refractivity contribution is 7.09. The van der Waals surface area contributed by atoms with Gasteiger partial charge in [0.2, 0.25) is 0 Å². The third-order valence-electron chi connectivity index (χ3n) is 4.96. The Bertz CT molecular complexity index is 1040. The van der Waals surface area contributed by atoms with Crippen molar-refractivity contribution in [3.05, 3.63) is 80.8 Å². The lowest BCUT2D eigenvalue weighted by atomic mass is 9.97.